The Balaban J connectivity index is 1.28. The average molecular weight is 455 g/mol. The zero-order valence-electron chi connectivity index (χ0n) is 19.1. The van der Waals surface area contributed by atoms with Crippen molar-refractivity contribution in [1.29, 1.82) is 0 Å². The Hall–Kier alpha value is -3.96. The van der Waals surface area contributed by atoms with E-state index >= 15 is 0 Å². The van der Waals surface area contributed by atoms with Crippen molar-refractivity contribution in [3.8, 4) is 0 Å². The molecule has 8 heteroatoms. The number of anilines is 1. The average Bonchev–Trinajstić information content (AvgIpc) is 3.36. The highest BCUT2D eigenvalue weighted by Gasteiger charge is 2.54. The summed E-state index contributed by atoms with van der Waals surface area (Å²) < 4.78 is 2.11. The molecule has 0 bridgehead atoms. The van der Waals surface area contributed by atoms with E-state index in [1.54, 1.807) is 4.90 Å². The highest BCUT2D eigenvalue weighted by Crippen LogP contribution is 2.37. The van der Waals surface area contributed by atoms with E-state index in [-0.39, 0.29) is 11.9 Å². The number of carbonyl (C=O) groups excluding carboxylic acids is 2. The van der Waals surface area contributed by atoms with Crippen molar-refractivity contribution in [3.63, 3.8) is 0 Å². The van der Waals surface area contributed by atoms with Crippen molar-refractivity contribution in [3.05, 3.63) is 89.3 Å². The van der Waals surface area contributed by atoms with Crippen LogP contribution in [0.4, 0.5) is 16.2 Å². The second-order valence-electron chi connectivity index (χ2n) is 9.03. The van der Waals surface area contributed by atoms with Gasteiger partial charge in [-0.15, -0.1) is 0 Å². The summed E-state index contributed by atoms with van der Waals surface area (Å²) in [5.74, 6) is -0.202. The Bertz CT molecular complexity index is 1260. The molecule has 2 saturated heterocycles. The number of carbonyl (C=O) groups is 2. The quantitative estimate of drug-likeness (QED) is 0.469. The van der Waals surface area contributed by atoms with Gasteiger partial charge in [0.1, 0.15) is 5.54 Å². The normalized spacial score (nSPS) is 17.7. The fraction of sp³-hybridized carbons (Fsp3) is 0.308. The summed E-state index contributed by atoms with van der Waals surface area (Å²) in [7, 11) is 0. The minimum Gasteiger partial charge on any atom is -0.329 e. The largest absolute Gasteiger partial charge is 0.329 e. The van der Waals surface area contributed by atoms with E-state index in [4.69, 9.17) is 6.57 Å². The number of rotatable bonds is 5. The SMILES string of the molecule is [C-]#[N+]c1ccc(Cn2cncc2CN2CCC3(CC2)C(=O)NC(=O)N3c2cccc(C)c2)cc1. The maximum atomic E-state index is 12.9. The molecule has 0 radical (unpaired) electrons. The monoisotopic (exact) mass is 454 g/mol. The van der Waals surface area contributed by atoms with Crippen molar-refractivity contribution < 1.29 is 9.59 Å². The molecule has 2 aliphatic rings. The fourth-order valence-corrected chi connectivity index (χ4v) is 4.95. The second-order valence-corrected chi connectivity index (χ2v) is 9.03. The van der Waals surface area contributed by atoms with Gasteiger partial charge in [0.05, 0.1) is 18.6 Å². The van der Waals surface area contributed by atoms with Crippen molar-refractivity contribution in [2.24, 2.45) is 0 Å². The number of aromatic nitrogens is 2. The minimum absolute atomic E-state index is 0.202. The molecule has 0 unspecified atom stereocenters. The van der Waals surface area contributed by atoms with Crippen LogP contribution in [0.15, 0.2) is 61.1 Å². The van der Waals surface area contributed by atoms with E-state index < -0.39 is 5.54 Å². The predicted octanol–water partition coefficient (Wildman–Crippen LogP) is 3.88. The molecule has 5 rings (SSSR count). The third-order valence-electron chi connectivity index (χ3n) is 6.82. The first kappa shape index (κ1) is 21.9. The lowest BCUT2D eigenvalue weighted by molar-refractivity contribution is -0.124. The first-order valence-corrected chi connectivity index (χ1v) is 11.4. The molecule has 0 atom stereocenters. The number of urea groups is 1. The van der Waals surface area contributed by atoms with Crippen LogP contribution in [0, 0.1) is 13.5 Å². The highest BCUT2D eigenvalue weighted by molar-refractivity contribution is 6.17. The van der Waals surface area contributed by atoms with Gasteiger partial charge in [-0.05, 0) is 43.0 Å². The van der Waals surface area contributed by atoms with Crippen molar-refractivity contribution in [2.75, 3.05) is 18.0 Å². The van der Waals surface area contributed by atoms with Crippen LogP contribution in [0.5, 0.6) is 0 Å². The Labute approximate surface area is 198 Å². The maximum Gasteiger partial charge on any atom is 0.329 e. The van der Waals surface area contributed by atoms with Crippen LogP contribution in [-0.2, 0) is 17.9 Å². The number of amides is 3. The Morgan fingerprint density at radius 1 is 1.09 bits per heavy atom. The highest BCUT2D eigenvalue weighted by atomic mass is 16.2. The molecule has 34 heavy (non-hydrogen) atoms. The first-order chi connectivity index (χ1) is 16.5. The van der Waals surface area contributed by atoms with E-state index in [1.807, 2.05) is 68.0 Å². The zero-order chi connectivity index (χ0) is 23.7. The van der Waals surface area contributed by atoms with Gasteiger partial charge in [0, 0.05) is 38.1 Å². The standard InChI is InChI=1S/C26H26N6O2/c1-19-4-3-5-22(14-19)32-25(34)29-24(33)26(32)10-12-30(13-11-26)17-23-15-28-18-31(23)16-20-6-8-21(27-2)9-7-20/h3-9,14-15,18H,10-13,16-17H2,1H3,(H,29,33,34). The molecule has 1 spiro atoms. The number of benzene rings is 2. The van der Waals surface area contributed by atoms with Gasteiger partial charge in [0.25, 0.3) is 5.91 Å². The van der Waals surface area contributed by atoms with E-state index in [0.717, 1.165) is 29.1 Å². The summed E-state index contributed by atoms with van der Waals surface area (Å²) in [4.78, 5) is 37.4. The molecule has 2 aromatic carbocycles. The van der Waals surface area contributed by atoms with E-state index in [9.17, 15) is 9.59 Å². The second kappa shape index (κ2) is 8.76. The van der Waals surface area contributed by atoms with Gasteiger partial charge in [-0.2, -0.15) is 0 Å². The topological polar surface area (TPSA) is 74.8 Å². The third-order valence-corrected chi connectivity index (χ3v) is 6.82. The molecule has 2 fully saturated rings. The summed E-state index contributed by atoms with van der Waals surface area (Å²) in [5.41, 5.74) is 3.80. The van der Waals surface area contributed by atoms with E-state index in [2.05, 4.69) is 24.6 Å². The smallest absolute Gasteiger partial charge is 0.329 e. The van der Waals surface area contributed by atoms with Crippen molar-refractivity contribution in [2.45, 2.75) is 38.4 Å². The Morgan fingerprint density at radius 2 is 1.85 bits per heavy atom. The Kier molecular flexibility index (Phi) is 5.64. The third kappa shape index (κ3) is 3.95. The van der Waals surface area contributed by atoms with Crippen LogP contribution >= 0.6 is 0 Å². The van der Waals surface area contributed by atoms with Gasteiger partial charge in [0.2, 0.25) is 0 Å². The minimum atomic E-state index is -0.841. The van der Waals surface area contributed by atoms with Gasteiger partial charge < -0.3 is 4.57 Å². The van der Waals surface area contributed by atoms with Crippen LogP contribution in [0.1, 0.15) is 29.7 Å². The number of imide groups is 1. The van der Waals surface area contributed by atoms with Crippen LogP contribution in [0.25, 0.3) is 4.85 Å². The summed E-state index contributed by atoms with van der Waals surface area (Å²) >= 11 is 0. The number of hydrogen-bond donors (Lipinski definition) is 1. The number of likely N-dealkylation sites (tertiary alicyclic amines) is 1. The number of hydrogen-bond acceptors (Lipinski definition) is 4. The van der Waals surface area contributed by atoms with Crippen LogP contribution in [-0.4, -0.2) is 45.0 Å². The summed E-state index contributed by atoms with van der Waals surface area (Å²) in [6, 6.07) is 15.0. The van der Waals surface area contributed by atoms with E-state index in [1.165, 1.54) is 0 Å². The lowest BCUT2D eigenvalue weighted by Gasteiger charge is -2.42. The molecule has 172 valence electrons. The molecule has 0 saturated carbocycles. The predicted molar refractivity (Wildman–Crippen MR) is 128 cm³/mol. The number of nitrogens with one attached hydrogen (secondary N) is 1. The fourth-order valence-electron chi connectivity index (χ4n) is 4.95. The number of nitrogens with zero attached hydrogens (tertiary/aromatic N) is 5. The molecule has 1 N–H and O–H groups in total. The van der Waals surface area contributed by atoms with E-state index in [0.29, 0.717) is 38.2 Å². The van der Waals surface area contributed by atoms with Crippen LogP contribution in [0.2, 0.25) is 0 Å². The number of piperidine rings is 1. The summed E-state index contributed by atoms with van der Waals surface area (Å²) in [6.07, 6.45) is 4.85. The van der Waals surface area contributed by atoms with Gasteiger partial charge in [0.15, 0.2) is 5.69 Å². The molecule has 0 aliphatic carbocycles. The van der Waals surface area contributed by atoms with Gasteiger partial charge in [-0.3, -0.25) is 19.9 Å². The van der Waals surface area contributed by atoms with Crippen molar-refractivity contribution >= 4 is 23.3 Å². The summed E-state index contributed by atoms with van der Waals surface area (Å²) in [5, 5.41) is 2.55. The first-order valence-electron chi connectivity index (χ1n) is 11.4. The molecule has 3 aromatic rings. The molecule has 8 nitrogen and oxygen atoms in total. The van der Waals surface area contributed by atoms with Crippen molar-refractivity contribution in [1.82, 2.24) is 19.8 Å². The zero-order valence-corrected chi connectivity index (χ0v) is 19.1. The van der Waals surface area contributed by atoms with Crippen LogP contribution in [0.3, 0.4) is 0 Å². The lowest BCUT2D eigenvalue weighted by atomic mass is 9.85. The number of aryl methyl sites for hydroxylation is 1. The molecule has 2 aliphatic heterocycles. The summed E-state index contributed by atoms with van der Waals surface area (Å²) in [6.45, 7) is 11.9. The molecular formula is C26H26N6O2. The molecule has 3 heterocycles. The van der Waals surface area contributed by atoms with Gasteiger partial charge in [-0.25, -0.2) is 14.6 Å². The molecule has 1 aromatic heterocycles. The lowest BCUT2D eigenvalue weighted by Crippen LogP contribution is -2.56. The molecule has 3 amide bonds. The molecular weight excluding hydrogens is 428 g/mol. The van der Waals surface area contributed by atoms with Gasteiger partial charge >= 0.3 is 6.03 Å². The van der Waals surface area contributed by atoms with Gasteiger partial charge in [-0.1, -0.05) is 36.4 Å². The van der Waals surface area contributed by atoms with Crippen LogP contribution < -0.4 is 10.2 Å². The Morgan fingerprint density at radius 3 is 2.56 bits per heavy atom. The maximum absolute atomic E-state index is 12.9. The number of imidazole rings is 1.